The van der Waals surface area contributed by atoms with E-state index < -0.39 is 41.3 Å². The SMILES string of the molecule is CC(CC(NC(=O)C(C)(C)NC(=O)OC(C)(C)C)OCc1ccccc1)C(=O)O. The van der Waals surface area contributed by atoms with Gasteiger partial charge in [-0.1, -0.05) is 37.3 Å². The van der Waals surface area contributed by atoms with E-state index in [1.165, 1.54) is 20.8 Å². The third-order valence-electron chi connectivity index (χ3n) is 3.96. The van der Waals surface area contributed by atoms with Crippen LogP contribution in [0.4, 0.5) is 4.79 Å². The topological polar surface area (TPSA) is 114 Å². The van der Waals surface area contributed by atoms with Crippen LogP contribution in [0.1, 0.15) is 53.5 Å². The zero-order valence-corrected chi connectivity index (χ0v) is 17.9. The number of carboxylic acid groups (broad SMARTS) is 1. The van der Waals surface area contributed by atoms with E-state index in [9.17, 15) is 19.5 Å². The molecule has 0 saturated heterocycles. The summed E-state index contributed by atoms with van der Waals surface area (Å²) in [4.78, 5) is 36.0. The van der Waals surface area contributed by atoms with Crippen LogP contribution in [0.5, 0.6) is 0 Å². The van der Waals surface area contributed by atoms with E-state index in [1.54, 1.807) is 20.8 Å². The fourth-order valence-corrected chi connectivity index (χ4v) is 2.30. The molecular weight excluding hydrogens is 376 g/mol. The van der Waals surface area contributed by atoms with E-state index in [4.69, 9.17) is 9.47 Å². The predicted octanol–water partition coefficient (Wildman–Crippen LogP) is 3.06. The molecule has 3 N–H and O–H groups in total. The number of amides is 2. The number of carbonyl (C=O) groups is 3. The van der Waals surface area contributed by atoms with Crippen LogP contribution >= 0.6 is 0 Å². The Morgan fingerprint density at radius 2 is 1.66 bits per heavy atom. The van der Waals surface area contributed by atoms with Crippen LogP contribution in [-0.4, -0.2) is 40.4 Å². The highest BCUT2D eigenvalue weighted by Gasteiger charge is 2.33. The van der Waals surface area contributed by atoms with Crippen LogP contribution in [0.25, 0.3) is 0 Å². The molecule has 1 rings (SSSR count). The summed E-state index contributed by atoms with van der Waals surface area (Å²) in [5.41, 5.74) is -1.10. The summed E-state index contributed by atoms with van der Waals surface area (Å²) in [7, 11) is 0. The zero-order chi connectivity index (χ0) is 22.2. The van der Waals surface area contributed by atoms with Gasteiger partial charge in [0.15, 0.2) is 0 Å². The second kappa shape index (κ2) is 10.2. The Labute approximate surface area is 172 Å². The van der Waals surface area contributed by atoms with Gasteiger partial charge in [0.05, 0.1) is 12.5 Å². The summed E-state index contributed by atoms with van der Waals surface area (Å²) in [6, 6.07) is 9.33. The Balaban J connectivity index is 2.79. The Kier molecular flexibility index (Phi) is 8.63. The van der Waals surface area contributed by atoms with Crippen molar-refractivity contribution in [3.8, 4) is 0 Å². The number of hydrogen-bond donors (Lipinski definition) is 3. The maximum Gasteiger partial charge on any atom is 0.408 e. The number of carbonyl (C=O) groups excluding carboxylic acids is 2. The van der Waals surface area contributed by atoms with Crippen molar-refractivity contribution < 1.29 is 29.0 Å². The number of rotatable bonds is 9. The van der Waals surface area contributed by atoms with Gasteiger partial charge in [-0.3, -0.25) is 9.59 Å². The molecule has 0 aromatic heterocycles. The van der Waals surface area contributed by atoms with Gasteiger partial charge in [0, 0.05) is 6.42 Å². The minimum atomic E-state index is -1.29. The maximum absolute atomic E-state index is 12.7. The second-order valence-electron chi connectivity index (χ2n) is 8.49. The smallest absolute Gasteiger partial charge is 0.408 e. The van der Waals surface area contributed by atoms with Gasteiger partial charge in [0.25, 0.3) is 0 Å². The van der Waals surface area contributed by atoms with Crippen LogP contribution in [0, 0.1) is 5.92 Å². The van der Waals surface area contributed by atoms with Crippen molar-refractivity contribution in [2.75, 3.05) is 0 Å². The molecule has 2 unspecified atom stereocenters. The van der Waals surface area contributed by atoms with E-state index in [2.05, 4.69) is 10.6 Å². The van der Waals surface area contributed by atoms with Crippen molar-refractivity contribution in [2.45, 2.75) is 71.9 Å². The monoisotopic (exact) mass is 408 g/mol. The fourth-order valence-electron chi connectivity index (χ4n) is 2.30. The van der Waals surface area contributed by atoms with E-state index in [0.717, 1.165) is 5.56 Å². The normalized spacial score (nSPS) is 13.9. The summed E-state index contributed by atoms with van der Waals surface area (Å²) < 4.78 is 11.0. The molecule has 0 aliphatic rings. The summed E-state index contributed by atoms with van der Waals surface area (Å²) in [6.07, 6.45) is -1.48. The van der Waals surface area contributed by atoms with Crippen LogP contribution in [0.3, 0.4) is 0 Å². The molecule has 2 amide bonds. The molecule has 8 heteroatoms. The largest absolute Gasteiger partial charge is 0.481 e. The highest BCUT2D eigenvalue weighted by atomic mass is 16.6. The molecular formula is C21H32N2O6. The van der Waals surface area contributed by atoms with Gasteiger partial charge >= 0.3 is 12.1 Å². The first kappa shape index (κ1) is 24.4. The Morgan fingerprint density at radius 1 is 1.07 bits per heavy atom. The first-order valence-corrected chi connectivity index (χ1v) is 9.50. The van der Waals surface area contributed by atoms with E-state index in [1.807, 2.05) is 30.3 Å². The summed E-state index contributed by atoms with van der Waals surface area (Å²) in [6.45, 7) is 9.97. The second-order valence-corrected chi connectivity index (χ2v) is 8.49. The third kappa shape index (κ3) is 9.43. The molecule has 1 aromatic rings. The van der Waals surface area contributed by atoms with Crippen LogP contribution in [0.15, 0.2) is 30.3 Å². The number of ether oxygens (including phenoxy) is 2. The van der Waals surface area contributed by atoms with Crippen molar-refractivity contribution in [1.82, 2.24) is 10.6 Å². The minimum Gasteiger partial charge on any atom is -0.481 e. The third-order valence-corrected chi connectivity index (χ3v) is 3.96. The molecule has 29 heavy (non-hydrogen) atoms. The number of hydrogen-bond acceptors (Lipinski definition) is 5. The Hall–Kier alpha value is -2.61. The molecule has 1 aromatic carbocycles. The van der Waals surface area contributed by atoms with Gasteiger partial charge in [-0.15, -0.1) is 0 Å². The molecule has 0 bridgehead atoms. The number of nitrogens with one attached hydrogen (secondary N) is 2. The van der Waals surface area contributed by atoms with Crippen molar-refractivity contribution in [2.24, 2.45) is 5.92 Å². The quantitative estimate of drug-likeness (QED) is 0.541. The van der Waals surface area contributed by atoms with Gasteiger partial charge in [0.2, 0.25) is 5.91 Å². The lowest BCUT2D eigenvalue weighted by Crippen LogP contribution is -2.57. The van der Waals surface area contributed by atoms with Crippen molar-refractivity contribution >= 4 is 18.0 Å². The lowest BCUT2D eigenvalue weighted by Gasteiger charge is -2.30. The van der Waals surface area contributed by atoms with Crippen LogP contribution in [0.2, 0.25) is 0 Å². The number of benzene rings is 1. The lowest BCUT2D eigenvalue weighted by atomic mass is 10.0. The average Bonchev–Trinajstić information content (AvgIpc) is 2.58. The number of alkyl carbamates (subject to hydrolysis) is 1. The fraction of sp³-hybridized carbons (Fsp3) is 0.571. The van der Waals surface area contributed by atoms with Gasteiger partial charge < -0.3 is 25.2 Å². The van der Waals surface area contributed by atoms with Crippen molar-refractivity contribution in [1.29, 1.82) is 0 Å². The van der Waals surface area contributed by atoms with E-state index in [0.29, 0.717) is 0 Å². The van der Waals surface area contributed by atoms with Gasteiger partial charge in [-0.2, -0.15) is 0 Å². The molecule has 162 valence electrons. The van der Waals surface area contributed by atoms with E-state index in [-0.39, 0.29) is 13.0 Å². The highest BCUT2D eigenvalue weighted by molar-refractivity contribution is 5.89. The molecule has 0 heterocycles. The number of carboxylic acids is 1. The standard InChI is InChI=1S/C21H32N2O6/c1-14(17(24)25)12-16(28-13-15-10-8-7-9-11-15)22-18(26)21(5,6)23-19(27)29-20(2,3)4/h7-11,14,16H,12-13H2,1-6H3,(H,22,26)(H,23,27)(H,24,25). The van der Waals surface area contributed by atoms with Crippen molar-refractivity contribution in [3.05, 3.63) is 35.9 Å². The number of aliphatic carboxylic acids is 1. The van der Waals surface area contributed by atoms with E-state index >= 15 is 0 Å². The molecule has 0 fully saturated rings. The predicted molar refractivity (Wildman–Crippen MR) is 108 cm³/mol. The van der Waals surface area contributed by atoms with Gasteiger partial charge in [-0.25, -0.2) is 4.79 Å². The Morgan fingerprint density at radius 3 is 2.17 bits per heavy atom. The summed E-state index contributed by atoms with van der Waals surface area (Å²) in [5.74, 6) is -2.23. The average molecular weight is 408 g/mol. The molecule has 2 atom stereocenters. The van der Waals surface area contributed by atoms with Crippen LogP contribution in [-0.2, 0) is 25.7 Å². The Bertz CT molecular complexity index is 697. The minimum absolute atomic E-state index is 0.0798. The molecule has 0 aliphatic heterocycles. The molecule has 8 nitrogen and oxygen atoms in total. The van der Waals surface area contributed by atoms with Crippen LogP contribution < -0.4 is 10.6 Å². The highest BCUT2D eigenvalue weighted by Crippen LogP contribution is 2.14. The lowest BCUT2D eigenvalue weighted by molar-refractivity contribution is -0.144. The molecule has 0 saturated carbocycles. The van der Waals surface area contributed by atoms with Crippen molar-refractivity contribution in [3.63, 3.8) is 0 Å². The molecule has 0 radical (unpaired) electrons. The molecule has 0 aliphatic carbocycles. The first-order valence-electron chi connectivity index (χ1n) is 9.50. The zero-order valence-electron chi connectivity index (χ0n) is 17.9. The van der Waals surface area contributed by atoms with Gasteiger partial charge in [0.1, 0.15) is 17.4 Å². The summed E-state index contributed by atoms with van der Waals surface area (Å²) in [5, 5.41) is 14.4. The first-order chi connectivity index (χ1) is 13.3. The maximum atomic E-state index is 12.7. The van der Waals surface area contributed by atoms with Gasteiger partial charge in [-0.05, 0) is 40.2 Å². The molecule has 0 spiro atoms. The summed E-state index contributed by atoms with van der Waals surface area (Å²) >= 11 is 0.